The molecule has 1 atom stereocenters. The molecule has 0 bridgehead atoms. The summed E-state index contributed by atoms with van der Waals surface area (Å²) in [7, 11) is 0. The van der Waals surface area contributed by atoms with Gasteiger partial charge in [-0.1, -0.05) is 52.4 Å². The molecule has 4 nitrogen and oxygen atoms in total. The topological polar surface area (TPSA) is 49.4 Å². The van der Waals surface area contributed by atoms with Crippen LogP contribution < -0.4 is 5.32 Å². The molecule has 0 saturated carbocycles. The predicted molar refractivity (Wildman–Crippen MR) is 86.0 cm³/mol. The molecule has 1 heterocycles. The van der Waals surface area contributed by atoms with Gasteiger partial charge in [0.05, 0.1) is 5.92 Å². The summed E-state index contributed by atoms with van der Waals surface area (Å²) >= 11 is 0. The SMILES string of the molecule is CCCCCCCN1CC(C(=O)NCCCCC)CC1=O. The van der Waals surface area contributed by atoms with Crippen LogP contribution in [0.4, 0.5) is 0 Å². The minimum Gasteiger partial charge on any atom is -0.356 e. The largest absolute Gasteiger partial charge is 0.356 e. The molecule has 0 aliphatic carbocycles. The van der Waals surface area contributed by atoms with E-state index in [4.69, 9.17) is 0 Å². The van der Waals surface area contributed by atoms with Crippen molar-refractivity contribution in [3.63, 3.8) is 0 Å². The van der Waals surface area contributed by atoms with E-state index in [9.17, 15) is 9.59 Å². The molecule has 0 aromatic carbocycles. The molecule has 1 fully saturated rings. The number of carbonyl (C=O) groups excluding carboxylic acids is 2. The van der Waals surface area contributed by atoms with Gasteiger partial charge in [-0.2, -0.15) is 0 Å². The third-order valence-corrected chi connectivity index (χ3v) is 4.20. The zero-order valence-corrected chi connectivity index (χ0v) is 13.8. The van der Waals surface area contributed by atoms with Crippen LogP contribution in [0, 0.1) is 5.92 Å². The van der Waals surface area contributed by atoms with Crippen LogP contribution in [0.5, 0.6) is 0 Å². The Morgan fingerprint density at radius 3 is 2.48 bits per heavy atom. The Balaban J connectivity index is 2.18. The van der Waals surface area contributed by atoms with Crippen LogP contribution >= 0.6 is 0 Å². The second kappa shape index (κ2) is 10.6. The first kappa shape index (κ1) is 18.0. The molecule has 0 radical (unpaired) electrons. The van der Waals surface area contributed by atoms with Crippen molar-refractivity contribution in [2.24, 2.45) is 5.92 Å². The Morgan fingerprint density at radius 2 is 1.76 bits per heavy atom. The first-order chi connectivity index (χ1) is 10.2. The number of amides is 2. The molecule has 1 aliphatic rings. The maximum atomic E-state index is 12.0. The molecule has 21 heavy (non-hydrogen) atoms. The molecule has 1 unspecified atom stereocenters. The van der Waals surface area contributed by atoms with Crippen molar-refractivity contribution >= 4 is 11.8 Å². The van der Waals surface area contributed by atoms with Gasteiger partial charge in [-0.3, -0.25) is 9.59 Å². The summed E-state index contributed by atoms with van der Waals surface area (Å²) in [5.41, 5.74) is 0. The predicted octanol–water partition coefficient (Wildman–Crippen LogP) is 3.11. The van der Waals surface area contributed by atoms with Gasteiger partial charge in [0.1, 0.15) is 0 Å². The zero-order valence-electron chi connectivity index (χ0n) is 13.8. The van der Waals surface area contributed by atoms with Gasteiger partial charge in [0, 0.05) is 26.1 Å². The van der Waals surface area contributed by atoms with Crippen molar-refractivity contribution in [2.75, 3.05) is 19.6 Å². The van der Waals surface area contributed by atoms with E-state index in [1.807, 2.05) is 4.90 Å². The fraction of sp³-hybridized carbons (Fsp3) is 0.882. The molecule has 0 spiro atoms. The average Bonchev–Trinajstić information content (AvgIpc) is 2.85. The molecule has 1 saturated heterocycles. The summed E-state index contributed by atoms with van der Waals surface area (Å²) in [6.07, 6.45) is 9.75. The van der Waals surface area contributed by atoms with E-state index in [0.29, 0.717) is 13.0 Å². The van der Waals surface area contributed by atoms with Crippen molar-refractivity contribution in [1.82, 2.24) is 10.2 Å². The van der Waals surface area contributed by atoms with Crippen molar-refractivity contribution < 1.29 is 9.59 Å². The maximum Gasteiger partial charge on any atom is 0.225 e. The number of hydrogen-bond donors (Lipinski definition) is 1. The standard InChI is InChI=1S/C17H32N2O2/c1-3-5-7-8-10-12-19-14-15(13-16(19)20)17(21)18-11-9-6-4-2/h15H,3-14H2,1-2H3,(H,18,21). The molecule has 0 aromatic heterocycles. The smallest absolute Gasteiger partial charge is 0.225 e. The monoisotopic (exact) mass is 296 g/mol. The van der Waals surface area contributed by atoms with Gasteiger partial charge in [0.2, 0.25) is 11.8 Å². The summed E-state index contributed by atoms with van der Waals surface area (Å²) in [4.78, 5) is 25.8. The highest BCUT2D eigenvalue weighted by Crippen LogP contribution is 2.19. The van der Waals surface area contributed by atoms with Gasteiger partial charge in [-0.25, -0.2) is 0 Å². The highest BCUT2D eigenvalue weighted by Gasteiger charge is 2.33. The second-order valence-corrected chi connectivity index (χ2v) is 6.15. The second-order valence-electron chi connectivity index (χ2n) is 6.15. The van der Waals surface area contributed by atoms with Crippen molar-refractivity contribution in [3.8, 4) is 0 Å². The number of nitrogens with zero attached hydrogens (tertiary/aromatic N) is 1. The van der Waals surface area contributed by atoms with E-state index in [1.54, 1.807) is 0 Å². The first-order valence-corrected chi connectivity index (χ1v) is 8.74. The van der Waals surface area contributed by atoms with E-state index in [2.05, 4.69) is 19.2 Å². The van der Waals surface area contributed by atoms with Crippen LogP contribution in [0.3, 0.4) is 0 Å². The molecule has 122 valence electrons. The Bertz CT molecular complexity index is 318. The number of nitrogens with one attached hydrogen (secondary N) is 1. The third-order valence-electron chi connectivity index (χ3n) is 4.20. The number of carbonyl (C=O) groups is 2. The summed E-state index contributed by atoms with van der Waals surface area (Å²) in [6, 6.07) is 0. The van der Waals surface area contributed by atoms with Gasteiger partial charge in [0.15, 0.2) is 0 Å². The molecule has 4 heteroatoms. The van der Waals surface area contributed by atoms with E-state index < -0.39 is 0 Å². The number of rotatable bonds is 11. The Hall–Kier alpha value is -1.06. The van der Waals surface area contributed by atoms with E-state index in [-0.39, 0.29) is 17.7 Å². The molecular weight excluding hydrogens is 264 g/mol. The quantitative estimate of drug-likeness (QED) is 0.596. The third kappa shape index (κ3) is 6.96. The number of hydrogen-bond acceptors (Lipinski definition) is 2. The fourth-order valence-electron chi connectivity index (χ4n) is 2.80. The van der Waals surface area contributed by atoms with Gasteiger partial charge >= 0.3 is 0 Å². The van der Waals surface area contributed by atoms with E-state index in [0.717, 1.165) is 38.8 Å². The van der Waals surface area contributed by atoms with Crippen molar-refractivity contribution in [3.05, 3.63) is 0 Å². The lowest BCUT2D eigenvalue weighted by Crippen LogP contribution is -2.33. The molecule has 0 aromatic rings. The van der Waals surface area contributed by atoms with Crippen LogP contribution in [0.15, 0.2) is 0 Å². The lowest BCUT2D eigenvalue weighted by molar-refractivity contribution is -0.129. The molecule has 1 N–H and O–H groups in total. The Labute approximate surface area is 129 Å². The summed E-state index contributed by atoms with van der Waals surface area (Å²) in [6.45, 7) is 6.53. The highest BCUT2D eigenvalue weighted by atomic mass is 16.2. The lowest BCUT2D eigenvalue weighted by Gasteiger charge is -2.16. The van der Waals surface area contributed by atoms with Crippen molar-refractivity contribution in [1.29, 1.82) is 0 Å². The molecule has 2 amide bonds. The summed E-state index contributed by atoms with van der Waals surface area (Å²) < 4.78 is 0. The molecule has 1 rings (SSSR count). The van der Waals surface area contributed by atoms with E-state index >= 15 is 0 Å². The van der Waals surface area contributed by atoms with Gasteiger partial charge < -0.3 is 10.2 Å². The van der Waals surface area contributed by atoms with Crippen LogP contribution in [0.2, 0.25) is 0 Å². The lowest BCUT2D eigenvalue weighted by atomic mass is 10.1. The van der Waals surface area contributed by atoms with Crippen LogP contribution in [-0.2, 0) is 9.59 Å². The minimum absolute atomic E-state index is 0.0629. The molecule has 1 aliphatic heterocycles. The maximum absolute atomic E-state index is 12.0. The number of likely N-dealkylation sites (tertiary alicyclic amines) is 1. The van der Waals surface area contributed by atoms with Gasteiger partial charge in [-0.05, 0) is 12.8 Å². The summed E-state index contributed by atoms with van der Waals surface area (Å²) in [5.74, 6) is 0.0851. The minimum atomic E-state index is -0.130. The van der Waals surface area contributed by atoms with Gasteiger partial charge in [0.25, 0.3) is 0 Å². The summed E-state index contributed by atoms with van der Waals surface area (Å²) in [5, 5.41) is 2.97. The Kier molecular flexibility index (Phi) is 9.11. The zero-order chi connectivity index (χ0) is 15.5. The number of unbranched alkanes of at least 4 members (excludes halogenated alkanes) is 6. The van der Waals surface area contributed by atoms with Gasteiger partial charge in [-0.15, -0.1) is 0 Å². The Morgan fingerprint density at radius 1 is 1.10 bits per heavy atom. The molecular formula is C17H32N2O2. The highest BCUT2D eigenvalue weighted by molar-refractivity contribution is 5.89. The van der Waals surface area contributed by atoms with Crippen LogP contribution in [-0.4, -0.2) is 36.3 Å². The average molecular weight is 296 g/mol. The van der Waals surface area contributed by atoms with Crippen LogP contribution in [0.25, 0.3) is 0 Å². The van der Waals surface area contributed by atoms with E-state index in [1.165, 1.54) is 25.7 Å². The first-order valence-electron chi connectivity index (χ1n) is 8.74. The van der Waals surface area contributed by atoms with Crippen molar-refractivity contribution in [2.45, 2.75) is 71.6 Å². The fourth-order valence-corrected chi connectivity index (χ4v) is 2.80. The normalized spacial score (nSPS) is 18.3. The van der Waals surface area contributed by atoms with Crippen LogP contribution in [0.1, 0.15) is 71.6 Å².